The van der Waals surface area contributed by atoms with Gasteiger partial charge >= 0.3 is 0 Å². The van der Waals surface area contributed by atoms with Crippen LogP contribution in [-0.4, -0.2) is 61.8 Å². The quantitative estimate of drug-likeness (QED) is 0.653. The van der Waals surface area contributed by atoms with Crippen molar-refractivity contribution in [1.82, 2.24) is 15.5 Å². The first-order valence-electron chi connectivity index (χ1n) is 7.88. The second-order valence-corrected chi connectivity index (χ2v) is 5.91. The molecule has 118 valence electrons. The summed E-state index contributed by atoms with van der Waals surface area (Å²) < 4.78 is 5.74. The van der Waals surface area contributed by atoms with E-state index in [0.29, 0.717) is 19.0 Å². The molecule has 0 saturated carbocycles. The zero-order valence-corrected chi connectivity index (χ0v) is 13.4. The zero-order valence-electron chi connectivity index (χ0n) is 13.4. The minimum atomic E-state index is 0.125. The topological polar surface area (TPSA) is 53.6 Å². The lowest BCUT2D eigenvalue weighted by Gasteiger charge is -2.35. The van der Waals surface area contributed by atoms with Crippen molar-refractivity contribution in [1.29, 1.82) is 0 Å². The smallest absolute Gasteiger partial charge is 0.221 e. The Morgan fingerprint density at radius 1 is 1.40 bits per heavy atom. The lowest BCUT2D eigenvalue weighted by Crippen LogP contribution is -2.49. The fraction of sp³-hybridized carbons (Fsp3) is 0.933. The number of hydrogen-bond acceptors (Lipinski definition) is 4. The Morgan fingerprint density at radius 3 is 2.80 bits per heavy atom. The number of carbonyl (C=O) groups excluding carboxylic acids is 1. The maximum absolute atomic E-state index is 11.6. The van der Waals surface area contributed by atoms with Crippen LogP contribution in [0.25, 0.3) is 0 Å². The molecule has 1 amide bonds. The van der Waals surface area contributed by atoms with Crippen LogP contribution in [0.3, 0.4) is 0 Å². The summed E-state index contributed by atoms with van der Waals surface area (Å²) in [6.07, 6.45) is 1.74. The van der Waals surface area contributed by atoms with E-state index >= 15 is 0 Å². The average molecular weight is 285 g/mol. The maximum Gasteiger partial charge on any atom is 0.221 e. The van der Waals surface area contributed by atoms with Gasteiger partial charge in [-0.25, -0.2) is 0 Å². The summed E-state index contributed by atoms with van der Waals surface area (Å²) in [6, 6.07) is 0.839. The number of ether oxygens (including phenoxy) is 1. The Labute approximate surface area is 123 Å². The highest BCUT2D eigenvalue weighted by molar-refractivity contribution is 5.76. The Bertz CT molecular complexity index is 284. The molecule has 2 N–H and O–H groups in total. The van der Waals surface area contributed by atoms with Crippen LogP contribution in [0.4, 0.5) is 0 Å². The molecule has 2 atom stereocenters. The SMILES string of the molecule is CCC(C)NC(=O)CCNCC1CN(C(C)C)CCO1. The van der Waals surface area contributed by atoms with Crippen LogP contribution in [0, 0.1) is 0 Å². The molecule has 0 aromatic carbocycles. The first-order chi connectivity index (χ1) is 9.52. The van der Waals surface area contributed by atoms with Gasteiger partial charge in [0.2, 0.25) is 5.91 Å². The van der Waals surface area contributed by atoms with E-state index in [1.165, 1.54) is 0 Å². The van der Waals surface area contributed by atoms with Gasteiger partial charge in [-0.05, 0) is 27.2 Å². The van der Waals surface area contributed by atoms with E-state index in [0.717, 1.165) is 32.7 Å². The van der Waals surface area contributed by atoms with Gasteiger partial charge in [0.15, 0.2) is 0 Å². The van der Waals surface area contributed by atoms with Crippen molar-refractivity contribution >= 4 is 5.91 Å². The van der Waals surface area contributed by atoms with Gasteiger partial charge in [0.05, 0.1) is 12.7 Å². The van der Waals surface area contributed by atoms with Crippen LogP contribution in [0.5, 0.6) is 0 Å². The standard InChI is InChI=1S/C15H31N3O2/c1-5-13(4)17-15(19)6-7-16-10-14-11-18(12(2)3)8-9-20-14/h12-14,16H,5-11H2,1-4H3,(H,17,19). The van der Waals surface area contributed by atoms with Crippen molar-refractivity contribution < 1.29 is 9.53 Å². The van der Waals surface area contributed by atoms with Gasteiger partial charge in [0.1, 0.15) is 0 Å². The molecule has 1 rings (SSSR count). The van der Waals surface area contributed by atoms with Crippen LogP contribution >= 0.6 is 0 Å². The molecule has 0 spiro atoms. The molecule has 0 aromatic heterocycles. The molecule has 20 heavy (non-hydrogen) atoms. The number of rotatable bonds is 8. The Kier molecular flexibility index (Phi) is 8.11. The summed E-state index contributed by atoms with van der Waals surface area (Å²) in [6.45, 7) is 12.9. The van der Waals surface area contributed by atoms with Crippen molar-refractivity contribution in [2.75, 3.05) is 32.8 Å². The molecule has 0 radical (unpaired) electrons. The minimum Gasteiger partial charge on any atom is -0.374 e. The Morgan fingerprint density at radius 2 is 2.15 bits per heavy atom. The minimum absolute atomic E-state index is 0.125. The molecule has 1 aliphatic heterocycles. The van der Waals surface area contributed by atoms with Gasteiger partial charge in [-0.3, -0.25) is 9.69 Å². The molecule has 2 unspecified atom stereocenters. The zero-order chi connectivity index (χ0) is 15.0. The second-order valence-electron chi connectivity index (χ2n) is 5.91. The second kappa shape index (κ2) is 9.32. The molecule has 1 aliphatic rings. The molecular weight excluding hydrogens is 254 g/mol. The predicted octanol–water partition coefficient (Wildman–Crippen LogP) is 0.990. The van der Waals surface area contributed by atoms with Crippen LogP contribution < -0.4 is 10.6 Å². The lowest BCUT2D eigenvalue weighted by molar-refractivity contribution is -0.121. The van der Waals surface area contributed by atoms with Crippen molar-refractivity contribution in [3.05, 3.63) is 0 Å². The third-order valence-electron chi connectivity index (χ3n) is 3.82. The number of nitrogens with zero attached hydrogens (tertiary/aromatic N) is 1. The van der Waals surface area contributed by atoms with Crippen LogP contribution in [0.1, 0.15) is 40.5 Å². The molecule has 1 fully saturated rings. The van der Waals surface area contributed by atoms with E-state index in [9.17, 15) is 4.79 Å². The Balaban J connectivity index is 2.10. The number of morpholine rings is 1. The first kappa shape index (κ1) is 17.4. The third kappa shape index (κ3) is 6.68. The predicted molar refractivity (Wildman–Crippen MR) is 81.8 cm³/mol. The van der Waals surface area contributed by atoms with Gasteiger partial charge in [-0.15, -0.1) is 0 Å². The molecule has 0 aliphatic carbocycles. The number of hydrogen-bond donors (Lipinski definition) is 2. The van der Waals surface area contributed by atoms with Crippen LogP contribution in [0.15, 0.2) is 0 Å². The lowest BCUT2D eigenvalue weighted by atomic mass is 10.2. The average Bonchev–Trinajstić information content (AvgIpc) is 2.43. The highest BCUT2D eigenvalue weighted by Crippen LogP contribution is 2.07. The van der Waals surface area contributed by atoms with E-state index in [-0.39, 0.29) is 18.1 Å². The van der Waals surface area contributed by atoms with Gasteiger partial charge in [0, 0.05) is 44.7 Å². The van der Waals surface area contributed by atoms with Crippen molar-refractivity contribution in [3.63, 3.8) is 0 Å². The maximum atomic E-state index is 11.6. The molecular formula is C15H31N3O2. The molecule has 5 nitrogen and oxygen atoms in total. The molecule has 1 heterocycles. The van der Waals surface area contributed by atoms with Crippen molar-refractivity contribution in [3.8, 4) is 0 Å². The van der Waals surface area contributed by atoms with Gasteiger partial charge in [-0.2, -0.15) is 0 Å². The Hall–Kier alpha value is -0.650. The van der Waals surface area contributed by atoms with Crippen LogP contribution in [0.2, 0.25) is 0 Å². The highest BCUT2D eigenvalue weighted by Gasteiger charge is 2.21. The van der Waals surface area contributed by atoms with E-state index in [1.807, 2.05) is 6.92 Å². The van der Waals surface area contributed by atoms with Gasteiger partial charge < -0.3 is 15.4 Å². The fourth-order valence-corrected chi connectivity index (χ4v) is 2.25. The molecule has 1 saturated heterocycles. The number of amides is 1. The normalized spacial score (nSPS) is 21.9. The fourth-order valence-electron chi connectivity index (χ4n) is 2.25. The summed E-state index contributed by atoms with van der Waals surface area (Å²) in [5.41, 5.74) is 0. The summed E-state index contributed by atoms with van der Waals surface area (Å²) in [7, 11) is 0. The van der Waals surface area contributed by atoms with Crippen LogP contribution in [-0.2, 0) is 9.53 Å². The summed E-state index contributed by atoms with van der Waals surface area (Å²) in [4.78, 5) is 14.1. The van der Waals surface area contributed by atoms with E-state index in [4.69, 9.17) is 4.74 Å². The first-order valence-corrected chi connectivity index (χ1v) is 7.88. The van der Waals surface area contributed by atoms with E-state index in [2.05, 4.69) is 36.3 Å². The van der Waals surface area contributed by atoms with Crippen molar-refractivity contribution in [2.24, 2.45) is 0 Å². The molecule has 5 heteroatoms. The summed E-state index contributed by atoms with van der Waals surface area (Å²) in [5.74, 6) is 0.125. The van der Waals surface area contributed by atoms with E-state index < -0.39 is 0 Å². The molecule has 0 aromatic rings. The summed E-state index contributed by atoms with van der Waals surface area (Å²) >= 11 is 0. The molecule has 0 bridgehead atoms. The van der Waals surface area contributed by atoms with Gasteiger partial charge in [-0.1, -0.05) is 6.92 Å². The van der Waals surface area contributed by atoms with Gasteiger partial charge in [0.25, 0.3) is 0 Å². The monoisotopic (exact) mass is 285 g/mol. The highest BCUT2D eigenvalue weighted by atomic mass is 16.5. The van der Waals surface area contributed by atoms with E-state index in [1.54, 1.807) is 0 Å². The number of carbonyl (C=O) groups is 1. The van der Waals surface area contributed by atoms with Crippen molar-refractivity contribution in [2.45, 2.75) is 58.7 Å². The largest absolute Gasteiger partial charge is 0.374 e. The third-order valence-corrected chi connectivity index (χ3v) is 3.82. The number of nitrogens with one attached hydrogen (secondary N) is 2. The summed E-state index contributed by atoms with van der Waals surface area (Å²) in [5, 5.41) is 6.30.